The number of carbonyl (C=O) groups is 1. The largest absolute Gasteiger partial charge is 0.457 e. The van der Waals surface area contributed by atoms with E-state index in [1.54, 1.807) is 29.2 Å². The molecule has 2 fully saturated rings. The summed E-state index contributed by atoms with van der Waals surface area (Å²) >= 11 is 6.79. The van der Waals surface area contributed by atoms with Crippen molar-refractivity contribution in [3.05, 3.63) is 83.2 Å². The van der Waals surface area contributed by atoms with Gasteiger partial charge in [-0.2, -0.15) is 0 Å². The van der Waals surface area contributed by atoms with Crippen molar-refractivity contribution in [2.24, 2.45) is 0 Å². The lowest BCUT2D eigenvalue weighted by atomic mass is 10.2. The minimum atomic E-state index is -0.296. The minimum absolute atomic E-state index is 0.102. The van der Waals surface area contributed by atoms with Gasteiger partial charge in [-0.3, -0.25) is 14.6 Å². The number of piperazine rings is 1. The normalized spacial score (nSPS) is 18.5. The molecule has 33 heavy (non-hydrogen) atoms. The summed E-state index contributed by atoms with van der Waals surface area (Å²) in [5, 5.41) is 0. The van der Waals surface area contributed by atoms with Gasteiger partial charge in [0.15, 0.2) is 0 Å². The summed E-state index contributed by atoms with van der Waals surface area (Å²) in [6, 6.07) is 20.1. The number of para-hydroxylation sites is 1. The topological polar surface area (TPSA) is 39.9 Å². The highest BCUT2D eigenvalue weighted by molar-refractivity contribution is 8.26. The number of hydrogen-bond donors (Lipinski definition) is 0. The average Bonchev–Trinajstić information content (AvgIpc) is 3.41. The Morgan fingerprint density at radius 3 is 2.42 bits per heavy atom. The number of thiocarbonyl (C=S) groups is 1. The van der Waals surface area contributed by atoms with E-state index in [2.05, 4.69) is 34.1 Å². The number of thioether (sulfide) groups is 1. The van der Waals surface area contributed by atoms with Gasteiger partial charge < -0.3 is 9.32 Å². The Hall–Kier alpha value is -2.94. The van der Waals surface area contributed by atoms with Crippen LogP contribution in [0, 0.1) is 5.82 Å². The van der Waals surface area contributed by atoms with E-state index in [-0.39, 0.29) is 11.7 Å². The third-order valence-electron chi connectivity index (χ3n) is 5.74. The van der Waals surface area contributed by atoms with Gasteiger partial charge in [-0.1, -0.05) is 42.2 Å². The summed E-state index contributed by atoms with van der Waals surface area (Å²) in [5.41, 5.74) is 2.00. The summed E-state index contributed by atoms with van der Waals surface area (Å²) in [6.07, 6.45) is 1.72. The second kappa shape index (κ2) is 9.51. The molecule has 5 nitrogen and oxygen atoms in total. The number of amides is 1. The SMILES string of the molecule is O=C1/C(=C\c2ccc(-c3ccc(F)cc3)o2)SC(=S)N1CN1CCN(c2ccccc2)CC1. The molecule has 0 bridgehead atoms. The molecule has 0 saturated carbocycles. The first-order valence-electron chi connectivity index (χ1n) is 10.7. The molecular formula is C25H22FN3O2S2. The van der Waals surface area contributed by atoms with Gasteiger partial charge in [0.25, 0.3) is 5.91 Å². The van der Waals surface area contributed by atoms with E-state index < -0.39 is 0 Å². The monoisotopic (exact) mass is 479 g/mol. The van der Waals surface area contributed by atoms with Gasteiger partial charge in [-0.05, 0) is 48.5 Å². The van der Waals surface area contributed by atoms with E-state index in [9.17, 15) is 9.18 Å². The van der Waals surface area contributed by atoms with Crippen LogP contribution in [0.2, 0.25) is 0 Å². The first-order chi connectivity index (χ1) is 16.1. The molecule has 1 aromatic heterocycles. The number of rotatable bonds is 5. The van der Waals surface area contributed by atoms with Crippen LogP contribution in [-0.4, -0.2) is 52.9 Å². The minimum Gasteiger partial charge on any atom is -0.457 e. The molecule has 1 amide bonds. The predicted octanol–water partition coefficient (Wildman–Crippen LogP) is 5.07. The first kappa shape index (κ1) is 21.9. The van der Waals surface area contributed by atoms with Crippen LogP contribution in [0.15, 0.2) is 76.1 Å². The molecule has 8 heteroatoms. The fraction of sp³-hybridized carbons (Fsp3) is 0.200. The van der Waals surface area contributed by atoms with Crippen molar-refractivity contribution in [2.75, 3.05) is 37.7 Å². The molecule has 2 saturated heterocycles. The van der Waals surface area contributed by atoms with Crippen LogP contribution < -0.4 is 4.90 Å². The molecule has 0 unspecified atom stereocenters. The Kier molecular flexibility index (Phi) is 6.30. The maximum atomic E-state index is 13.2. The Bertz CT molecular complexity index is 1190. The lowest BCUT2D eigenvalue weighted by Crippen LogP contribution is -2.50. The van der Waals surface area contributed by atoms with Crippen molar-refractivity contribution in [1.82, 2.24) is 9.80 Å². The number of benzene rings is 2. The second-order valence-electron chi connectivity index (χ2n) is 7.90. The zero-order valence-corrected chi connectivity index (χ0v) is 19.4. The van der Waals surface area contributed by atoms with Crippen molar-refractivity contribution in [2.45, 2.75) is 0 Å². The van der Waals surface area contributed by atoms with Crippen molar-refractivity contribution < 1.29 is 13.6 Å². The Morgan fingerprint density at radius 1 is 0.970 bits per heavy atom. The number of nitrogens with zero attached hydrogens (tertiary/aromatic N) is 3. The molecule has 0 spiro atoms. The highest BCUT2D eigenvalue weighted by Gasteiger charge is 2.34. The molecule has 0 aliphatic carbocycles. The highest BCUT2D eigenvalue weighted by atomic mass is 32.2. The van der Waals surface area contributed by atoms with Crippen LogP contribution in [0.5, 0.6) is 0 Å². The Balaban J connectivity index is 1.22. The molecule has 2 aromatic carbocycles. The van der Waals surface area contributed by atoms with Gasteiger partial charge >= 0.3 is 0 Å². The number of halogens is 1. The number of carbonyl (C=O) groups excluding carboxylic acids is 1. The highest BCUT2D eigenvalue weighted by Crippen LogP contribution is 2.34. The van der Waals surface area contributed by atoms with E-state index in [0.717, 1.165) is 31.7 Å². The molecule has 5 rings (SSSR count). The lowest BCUT2D eigenvalue weighted by Gasteiger charge is -2.37. The van der Waals surface area contributed by atoms with Crippen LogP contribution in [-0.2, 0) is 4.79 Å². The molecule has 0 radical (unpaired) electrons. The number of furan rings is 1. The van der Waals surface area contributed by atoms with Gasteiger partial charge in [-0.25, -0.2) is 4.39 Å². The van der Waals surface area contributed by atoms with Gasteiger partial charge in [0, 0.05) is 43.5 Å². The third kappa shape index (κ3) is 4.88. The molecule has 2 aliphatic heterocycles. The standard InChI is InChI=1S/C25H22FN3O2S2/c26-19-8-6-18(7-9-19)22-11-10-21(31-22)16-23-24(30)29(25(32)33-23)17-27-12-14-28(15-13-27)20-4-2-1-3-5-20/h1-11,16H,12-15,17H2/b23-16+. The van der Waals surface area contributed by atoms with Gasteiger partial charge in [0.05, 0.1) is 11.6 Å². The van der Waals surface area contributed by atoms with Crippen LogP contribution in [0.3, 0.4) is 0 Å². The lowest BCUT2D eigenvalue weighted by molar-refractivity contribution is -0.123. The smallest absolute Gasteiger partial charge is 0.267 e. The van der Waals surface area contributed by atoms with Crippen molar-refractivity contribution in [3.8, 4) is 11.3 Å². The third-order valence-corrected chi connectivity index (χ3v) is 7.12. The van der Waals surface area contributed by atoms with Gasteiger partial charge in [-0.15, -0.1) is 0 Å². The summed E-state index contributed by atoms with van der Waals surface area (Å²) in [4.78, 5) is 19.8. The Morgan fingerprint density at radius 2 is 1.70 bits per heavy atom. The molecule has 2 aliphatic rings. The van der Waals surface area contributed by atoms with E-state index in [0.29, 0.717) is 27.4 Å². The maximum Gasteiger partial charge on any atom is 0.267 e. The fourth-order valence-electron chi connectivity index (χ4n) is 3.94. The van der Waals surface area contributed by atoms with Gasteiger partial charge in [0.1, 0.15) is 21.7 Å². The molecule has 0 atom stereocenters. The summed E-state index contributed by atoms with van der Waals surface area (Å²) < 4.78 is 19.6. The fourth-order valence-corrected chi connectivity index (χ4v) is 5.16. The van der Waals surface area contributed by atoms with Crippen molar-refractivity contribution >= 4 is 46.0 Å². The van der Waals surface area contributed by atoms with E-state index in [4.69, 9.17) is 16.6 Å². The first-order valence-corrected chi connectivity index (χ1v) is 11.9. The zero-order chi connectivity index (χ0) is 22.8. The number of hydrogen-bond acceptors (Lipinski definition) is 6. The van der Waals surface area contributed by atoms with Crippen LogP contribution in [0.4, 0.5) is 10.1 Å². The van der Waals surface area contributed by atoms with Crippen LogP contribution in [0.1, 0.15) is 5.76 Å². The molecule has 0 N–H and O–H groups in total. The molecular weight excluding hydrogens is 457 g/mol. The van der Waals surface area contributed by atoms with E-state index in [1.165, 1.54) is 29.6 Å². The van der Waals surface area contributed by atoms with Crippen molar-refractivity contribution in [3.63, 3.8) is 0 Å². The molecule has 3 aromatic rings. The predicted molar refractivity (Wildman–Crippen MR) is 134 cm³/mol. The van der Waals surface area contributed by atoms with Crippen molar-refractivity contribution in [1.29, 1.82) is 0 Å². The Labute approximate surface area is 201 Å². The quantitative estimate of drug-likeness (QED) is 0.376. The maximum absolute atomic E-state index is 13.2. The van der Waals surface area contributed by atoms with E-state index in [1.807, 2.05) is 12.1 Å². The van der Waals surface area contributed by atoms with E-state index >= 15 is 0 Å². The summed E-state index contributed by atoms with van der Waals surface area (Å²) in [7, 11) is 0. The number of anilines is 1. The summed E-state index contributed by atoms with van der Waals surface area (Å²) in [6.45, 7) is 4.04. The van der Waals surface area contributed by atoms with Crippen LogP contribution >= 0.6 is 24.0 Å². The molecule has 168 valence electrons. The zero-order valence-electron chi connectivity index (χ0n) is 17.8. The van der Waals surface area contributed by atoms with Gasteiger partial charge in [0.2, 0.25) is 0 Å². The summed E-state index contributed by atoms with van der Waals surface area (Å²) in [5.74, 6) is 0.783. The second-order valence-corrected chi connectivity index (χ2v) is 9.58. The average molecular weight is 480 g/mol. The van der Waals surface area contributed by atoms with Crippen LogP contribution in [0.25, 0.3) is 17.4 Å². The molecule has 3 heterocycles.